The zero-order chi connectivity index (χ0) is 20.2. The van der Waals surface area contributed by atoms with Gasteiger partial charge in [-0.25, -0.2) is 4.98 Å². The van der Waals surface area contributed by atoms with Gasteiger partial charge in [0.25, 0.3) is 11.5 Å². The topological polar surface area (TPSA) is 86.4 Å². The highest BCUT2D eigenvalue weighted by molar-refractivity contribution is 5.80. The van der Waals surface area contributed by atoms with Crippen molar-refractivity contribution >= 4 is 16.8 Å². The molecular formula is C22H25N3O4. The highest BCUT2D eigenvalue weighted by Crippen LogP contribution is 2.19. The Morgan fingerprint density at radius 3 is 3.03 bits per heavy atom. The number of aryl methyl sites for hydroxylation is 1. The lowest BCUT2D eigenvalue weighted by atomic mass is 10.2. The highest BCUT2D eigenvalue weighted by atomic mass is 16.5. The van der Waals surface area contributed by atoms with Crippen molar-refractivity contribution in [1.82, 2.24) is 14.9 Å². The second-order valence-corrected chi connectivity index (χ2v) is 7.52. The summed E-state index contributed by atoms with van der Waals surface area (Å²) in [5.41, 5.74) is 0.640. The van der Waals surface area contributed by atoms with Gasteiger partial charge in [-0.2, -0.15) is 0 Å². The number of nitrogens with zero attached hydrogens (tertiary/aromatic N) is 2. The second kappa shape index (κ2) is 8.51. The predicted molar refractivity (Wildman–Crippen MR) is 109 cm³/mol. The number of nitrogens with one attached hydrogen (secondary N) is 1. The first-order chi connectivity index (χ1) is 14.1. The number of rotatable bonds is 6. The zero-order valence-electron chi connectivity index (χ0n) is 16.5. The van der Waals surface area contributed by atoms with Crippen LogP contribution in [0.3, 0.4) is 0 Å². The molecular weight excluding hydrogens is 370 g/mol. The first-order valence-corrected chi connectivity index (χ1v) is 10.1. The molecule has 1 amide bonds. The fraction of sp³-hybridized carbons (Fsp3) is 0.409. The van der Waals surface area contributed by atoms with Gasteiger partial charge in [0.2, 0.25) is 0 Å². The molecule has 1 aliphatic rings. The van der Waals surface area contributed by atoms with Gasteiger partial charge in [0.1, 0.15) is 17.3 Å². The molecule has 3 heterocycles. The summed E-state index contributed by atoms with van der Waals surface area (Å²) in [6.45, 7) is 2.50. The maximum absolute atomic E-state index is 12.9. The number of carbonyl (C=O) groups excluding carboxylic acids is 1. The molecule has 7 nitrogen and oxygen atoms in total. The van der Waals surface area contributed by atoms with Gasteiger partial charge in [0.05, 0.1) is 17.2 Å². The largest absolute Gasteiger partial charge is 0.484 e. The number of amides is 1. The minimum atomic E-state index is -0.221. The smallest absolute Gasteiger partial charge is 0.261 e. The molecule has 0 radical (unpaired) electrons. The summed E-state index contributed by atoms with van der Waals surface area (Å²) in [6.07, 6.45) is 6.23. The van der Waals surface area contributed by atoms with Crippen LogP contribution in [0.5, 0.6) is 5.75 Å². The molecule has 152 valence electrons. The first-order valence-electron chi connectivity index (χ1n) is 10.1. The SMILES string of the molecule is CC(Cc1ccco1)NC(=O)COc1ccc2nc3n(c(=O)c2c1)CCCCC3. The lowest BCUT2D eigenvalue weighted by Gasteiger charge is -2.14. The van der Waals surface area contributed by atoms with Crippen LogP contribution in [-0.2, 0) is 24.2 Å². The molecule has 29 heavy (non-hydrogen) atoms. The number of ether oxygens (including phenoxy) is 1. The Hall–Kier alpha value is -3.09. The molecule has 0 bridgehead atoms. The molecule has 1 unspecified atom stereocenters. The molecule has 3 aromatic rings. The minimum Gasteiger partial charge on any atom is -0.484 e. The molecule has 2 aromatic heterocycles. The van der Waals surface area contributed by atoms with E-state index in [2.05, 4.69) is 10.3 Å². The maximum atomic E-state index is 12.9. The lowest BCUT2D eigenvalue weighted by molar-refractivity contribution is -0.123. The van der Waals surface area contributed by atoms with Crippen LogP contribution in [0.25, 0.3) is 10.9 Å². The third-order valence-corrected chi connectivity index (χ3v) is 5.15. The van der Waals surface area contributed by atoms with E-state index in [1.807, 2.05) is 19.1 Å². The number of hydrogen-bond donors (Lipinski definition) is 1. The molecule has 0 aliphatic carbocycles. The van der Waals surface area contributed by atoms with Gasteiger partial charge in [-0.05, 0) is 50.1 Å². The third-order valence-electron chi connectivity index (χ3n) is 5.15. The Morgan fingerprint density at radius 2 is 2.21 bits per heavy atom. The lowest BCUT2D eigenvalue weighted by Crippen LogP contribution is -2.37. The highest BCUT2D eigenvalue weighted by Gasteiger charge is 2.15. The number of aromatic nitrogens is 2. The normalized spacial score (nSPS) is 14.8. The van der Waals surface area contributed by atoms with Gasteiger partial charge >= 0.3 is 0 Å². The zero-order valence-corrected chi connectivity index (χ0v) is 16.5. The molecule has 0 saturated heterocycles. The summed E-state index contributed by atoms with van der Waals surface area (Å²) in [5.74, 6) is 1.94. The molecule has 1 aromatic carbocycles. The van der Waals surface area contributed by atoms with E-state index in [4.69, 9.17) is 9.15 Å². The Morgan fingerprint density at radius 1 is 1.31 bits per heavy atom. The fourth-order valence-corrected chi connectivity index (χ4v) is 3.73. The number of fused-ring (bicyclic) bond motifs is 2. The predicted octanol–water partition coefficient (Wildman–Crippen LogP) is 2.84. The average molecular weight is 395 g/mol. The van der Waals surface area contributed by atoms with Crippen LogP contribution in [0.1, 0.15) is 37.8 Å². The Kier molecular flexibility index (Phi) is 5.64. The minimum absolute atomic E-state index is 0.0335. The number of hydrogen-bond acceptors (Lipinski definition) is 5. The van der Waals surface area contributed by atoms with Crippen molar-refractivity contribution in [3.63, 3.8) is 0 Å². The van der Waals surface area contributed by atoms with Crippen LogP contribution in [0.2, 0.25) is 0 Å². The van der Waals surface area contributed by atoms with Gasteiger partial charge in [0, 0.05) is 25.4 Å². The Balaban J connectivity index is 1.42. The van der Waals surface area contributed by atoms with E-state index >= 15 is 0 Å². The van der Waals surface area contributed by atoms with Crippen molar-refractivity contribution in [3.8, 4) is 5.75 Å². The number of carbonyl (C=O) groups is 1. The summed E-state index contributed by atoms with van der Waals surface area (Å²) in [4.78, 5) is 29.7. The number of furan rings is 1. The van der Waals surface area contributed by atoms with Crippen LogP contribution >= 0.6 is 0 Å². The maximum Gasteiger partial charge on any atom is 0.261 e. The van der Waals surface area contributed by atoms with Crippen LogP contribution in [0.4, 0.5) is 0 Å². The van der Waals surface area contributed by atoms with Gasteiger partial charge in [-0.1, -0.05) is 6.42 Å². The monoisotopic (exact) mass is 395 g/mol. The van der Waals surface area contributed by atoms with E-state index < -0.39 is 0 Å². The van der Waals surface area contributed by atoms with Crippen LogP contribution < -0.4 is 15.6 Å². The van der Waals surface area contributed by atoms with Crippen molar-refractivity contribution in [2.45, 2.75) is 51.6 Å². The van der Waals surface area contributed by atoms with Crippen molar-refractivity contribution in [2.24, 2.45) is 0 Å². The molecule has 0 spiro atoms. The van der Waals surface area contributed by atoms with E-state index in [9.17, 15) is 9.59 Å². The van der Waals surface area contributed by atoms with Crippen LogP contribution in [0, 0.1) is 0 Å². The third kappa shape index (κ3) is 4.50. The van der Waals surface area contributed by atoms with E-state index in [-0.39, 0.29) is 24.1 Å². The molecule has 1 aliphatic heterocycles. The summed E-state index contributed by atoms with van der Waals surface area (Å²) in [6, 6.07) is 8.85. The first kappa shape index (κ1) is 19.2. The van der Waals surface area contributed by atoms with Crippen LogP contribution in [0.15, 0.2) is 45.8 Å². The van der Waals surface area contributed by atoms with Crippen molar-refractivity contribution in [1.29, 1.82) is 0 Å². The van der Waals surface area contributed by atoms with E-state index in [0.717, 1.165) is 37.3 Å². The summed E-state index contributed by atoms with van der Waals surface area (Å²) >= 11 is 0. The molecule has 7 heteroatoms. The molecule has 0 fully saturated rings. The van der Waals surface area contributed by atoms with Gasteiger partial charge in [0.15, 0.2) is 6.61 Å². The van der Waals surface area contributed by atoms with Crippen molar-refractivity contribution < 1.29 is 13.9 Å². The van der Waals surface area contributed by atoms with Crippen LogP contribution in [-0.4, -0.2) is 28.1 Å². The summed E-state index contributed by atoms with van der Waals surface area (Å²) in [5, 5.41) is 3.41. The fourth-order valence-electron chi connectivity index (χ4n) is 3.73. The van der Waals surface area contributed by atoms with Crippen molar-refractivity contribution in [3.05, 3.63) is 58.5 Å². The van der Waals surface area contributed by atoms with E-state index in [1.54, 1.807) is 29.0 Å². The van der Waals surface area contributed by atoms with E-state index in [1.165, 1.54) is 0 Å². The molecule has 1 atom stereocenters. The second-order valence-electron chi connectivity index (χ2n) is 7.52. The van der Waals surface area contributed by atoms with Gasteiger partial charge in [-0.15, -0.1) is 0 Å². The van der Waals surface area contributed by atoms with Gasteiger partial charge < -0.3 is 14.5 Å². The average Bonchev–Trinajstić information content (AvgIpc) is 3.09. The summed E-state index contributed by atoms with van der Waals surface area (Å²) < 4.78 is 12.7. The molecule has 4 rings (SSSR count). The quantitative estimate of drug-likeness (QED) is 0.694. The standard InChI is InChI=1S/C22H25N3O4/c1-15(12-16-6-5-11-28-16)23-21(26)14-29-17-8-9-19-18(13-17)22(27)25-10-4-2-3-7-20(25)24-19/h5-6,8-9,11,13,15H,2-4,7,10,12,14H2,1H3,(H,23,26). The Bertz CT molecular complexity index is 1060. The molecule has 1 N–H and O–H groups in total. The Labute approximate surface area is 168 Å². The summed E-state index contributed by atoms with van der Waals surface area (Å²) in [7, 11) is 0. The molecule has 0 saturated carbocycles. The number of benzene rings is 1. The van der Waals surface area contributed by atoms with Crippen molar-refractivity contribution in [2.75, 3.05) is 6.61 Å². The van der Waals surface area contributed by atoms with Gasteiger partial charge in [-0.3, -0.25) is 14.2 Å². The van der Waals surface area contributed by atoms with E-state index in [0.29, 0.717) is 29.6 Å².